The van der Waals surface area contributed by atoms with Gasteiger partial charge in [0.05, 0.1) is 6.54 Å². The first kappa shape index (κ1) is 14.8. The summed E-state index contributed by atoms with van der Waals surface area (Å²) >= 11 is 0. The molecule has 0 aliphatic rings. The average molecular weight is 307 g/mol. The molecule has 5 heteroatoms. The first-order valence-electron chi connectivity index (χ1n) is 7.13. The van der Waals surface area contributed by atoms with Gasteiger partial charge in [0.25, 0.3) is 0 Å². The molecule has 23 heavy (non-hydrogen) atoms. The Bertz CT molecular complexity index is 823. The van der Waals surface area contributed by atoms with Gasteiger partial charge in [-0.2, -0.15) is 10.4 Å². The largest absolute Gasteiger partial charge is 0.487 e. The minimum absolute atomic E-state index is 0.0786. The lowest BCUT2D eigenvalue weighted by Crippen LogP contribution is -2.04. The van der Waals surface area contributed by atoms with Crippen molar-refractivity contribution in [2.75, 3.05) is 0 Å². The van der Waals surface area contributed by atoms with E-state index in [2.05, 4.69) is 5.10 Å². The van der Waals surface area contributed by atoms with Crippen LogP contribution in [0.3, 0.4) is 0 Å². The van der Waals surface area contributed by atoms with Crippen LogP contribution in [0.5, 0.6) is 5.75 Å². The fraction of sp³-hybridized carbons (Fsp3) is 0.111. The summed E-state index contributed by atoms with van der Waals surface area (Å²) in [7, 11) is 0. The third kappa shape index (κ3) is 3.55. The molecule has 0 amide bonds. The number of benzene rings is 2. The molecule has 2 aromatic carbocycles. The molecule has 114 valence electrons. The predicted octanol–water partition coefficient (Wildman–Crippen LogP) is 3.52. The van der Waals surface area contributed by atoms with Crippen LogP contribution < -0.4 is 4.74 Å². The summed E-state index contributed by atoms with van der Waals surface area (Å²) in [5, 5.41) is 13.3. The number of ether oxygens (including phenoxy) is 1. The molecule has 0 bridgehead atoms. The van der Waals surface area contributed by atoms with Gasteiger partial charge in [-0.1, -0.05) is 30.3 Å². The van der Waals surface area contributed by atoms with Crippen LogP contribution in [-0.2, 0) is 13.2 Å². The molecule has 4 nitrogen and oxygen atoms in total. The smallest absolute Gasteiger partial charge is 0.145 e. The number of aromatic nitrogens is 2. The zero-order chi connectivity index (χ0) is 16.1. The number of hydrogen-bond donors (Lipinski definition) is 0. The van der Waals surface area contributed by atoms with E-state index in [9.17, 15) is 4.39 Å². The summed E-state index contributed by atoms with van der Waals surface area (Å²) in [5.41, 5.74) is 1.56. The van der Waals surface area contributed by atoms with E-state index in [4.69, 9.17) is 10.00 Å². The Morgan fingerprint density at radius 3 is 2.65 bits per heavy atom. The fourth-order valence-electron chi connectivity index (χ4n) is 2.26. The molecule has 0 saturated heterocycles. The van der Waals surface area contributed by atoms with Crippen molar-refractivity contribution in [2.45, 2.75) is 13.2 Å². The van der Waals surface area contributed by atoms with Gasteiger partial charge in [0.2, 0.25) is 0 Å². The van der Waals surface area contributed by atoms with Crippen LogP contribution in [0.25, 0.3) is 0 Å². The van der Waals surface area contributed by atoms with Crippen molar-refractivity contribution < 1.29 is 9.13 Å². The summed E-state index contributed by atoms with van der Waals surface area (Å²) in [6.45, 7) is 0.692. The normalized spacial score (nSPS) is 10.3. The summed E-state index contributed by atoms with van der Waals surface area (Å²) in [6, 6.07) is 16.2. The lowest BCUT2D eigenvalue weighted by molar-refractivity contribution is 0.303. The monoisotopic (exact) mass is 307 g/mol. The van der Waals surface area contributed by atoms with Crippen molar-refractivity contribution in [2.24, 2.45) is 0 Å². The molecule has 1 heterocycles. The van der Waals surface area contributed by atoms with Crippen LogP contribution >= 0.6 is 0 Å². The third-order valence-electron chi connectivity index (χ3n) is 3.37. The molecule has 3 aromatic rings. The summed E-state index contributed by atoms with van der Waals surface area (Å²) < 4.78 is 21.5. The molecule has 0 atom stereocenters. The van der Waals surface area contributed by atoms with Crippen LogP contribution in [0.4, 0.5) is 4.39 Å². The highest BCUT2D eigenvalue weighted by atomic mass is 19.1. The standard InChI is InChI=1S/C18H14FN3O/c19-17-9-15(12-22-8-4-7-21-22)10-18(16(17)11-20)23-13-14-5-2-1-3-6-14/h1-10H,12-13H2. The number of nitrogens with zero attached hydrogens (tertiary/aromatic N) is 3. The van der Waals surface area contributed by atoms with Gasteiger partial charge in [0, 0.05) is 12.4 Å². The van der Waals surface area contributed by atoms with Gasteiger partial charge in [-0.3, -0.25) is 4.68 Å². The highest BCUT2D eigenvalue weighted by molar-refractivity contribution is 5.46. The van der Waals surface area contributed by atoms with Gasteiger partial charge < -0.3 is 4.74 Å². The Labute approximate surface area is 133 Å². The Kier molecular flexibility index (Phi) is 4.34. The third-order valence-corrected chi connectivity index (χ3v) is 3.37. The Morgan fingerprint density at radius 1 is 1.13 bits per heavy atom. The minimum atomic E-state index is -0.583. The van der Waals surface area contributed by atoms with Crippen LogP contribution in [0.1, 0.15) is 16.7 Å². The topological polar surface area (TPSA) is 50.8 Å². The molecular weight excluding hydrogens is 293 g/mol. The lowest BCUT2D eigenvalue weighted by Gasteiger charge is -2.11. The highest BCUT2D eigenvalue weighted by Gasteiger charge is 2.13. The Hall–Kier alpha value is -3.13. The van der Waals surface area contributed by atoms with Crippen molar-refractivity contribution in [3.63, 3.8) is 0 Å². The van der Waals surface area contributed by atoms with Crippen molar-refractivity contribution in [1.29, 1.82) is 5.26 Å². The van der Waals surface area contributed by atoms with Gasteiger partial charge in [-0.25, -0.2) is 4.39 Å². The zero-order valence-corrected chi connectivity index (χ0v) is 12.3. The Morgan fingerprint density at radius 2 is 1.96 bits per heavy atom. The fourth-order valence-corrected chi connectivity index (χ4v) is 2.26. The SMILES string of the molecule is N#Cc1c(F)cc(Cn2cccn2)cc1OCc1ccccc1. The predicted molar refractivity (Wildman–Crippen MR) is 83.2 cm³/mol. The van der Waals surface area contributed by atoms with Crippen LogP contribution in [0.15, 0.2) is 60.9 Å². The zero-order valence-electron chi connectivity index (χ0n) is 12.3. The van der Waals surface area contributed by atoms with Crippen LogP contribution in [0, 0.1) is 17.1 Å². The van der Waals surface area contributed by atoms with Gasteiger partial charge >= 0.3 is 0 Å². The average Bonchev–Trinajstić information content (AvgIpc) is 3.06. The van der Waals surface area contributed by atoms with Crippen LogP contribution in [-0.4, -0.2) is 9.78 Å². The van der Waals surface area contributed by atoms with Gasteiger partial charge in [0.1, 0.15) is 29.8 Å². The second kappa shape index (κ2) is 6.75. The molecule has 3 rings (SSSR count). The number of hydrogen-bond acceptors (Lipinski definition) is 3. The molecule has 0 unspecified atom stereocenters. The lowest BCUT2D eigenvalue weighted by atomic mass is 10.1. The van der Waals surface area contributed by atoms with Crippen LogP contribution in [0.2, 0.25) is 0 Å². The summed E-state index contributed by atoms with van der Waals surface area (Å²) in [4.78, 5) is 0. The van der Waals surface area contributed by atoms with Crippen molar-refractivity contribution in [3.05, 3.63) is 83.4 Å². The molecule has 0 radical (unpaired) electrons. The molecule has 0 saturated carbocycles. The minimum Gasteiger partial charge on any atom is -0.487 e. The van der Waals surface area contributed by atoms with Crippen molar-refractivity contribution in [3.8, 4) is 11.8 Å². The van der Waals surface area contributed by atoms with Crippen molar-refractivity contribution in [1.82, 2.24) is 9.78 Å². The second-order valence-corrected chi connectivity index (χ2v) is 5.04. The highest BCUT2D eigenvalue weighted by Crippen LogP contribution is 2.24. The van der Waals surface area contributed by atoms with Gasteiger partial charge in [-0.15, -0.1) is 0 Å². The van der Waals surface area contributed by atoms with E-state index in [0.717, 1.165) is 5.56 Å². The van der Waals surface area contributed by atoms with E-state index in [1.54, 1.807) is 29.2 Å². The molecule has 0 aliphatic carbocycles. The number of nitriles is 1. The van der Waals surface area contributed by atoms with E-state index in [0.29, 0.717) is 12.1 Å². The van der Waals surface area contributed by atoms with Gasteiger partial charge in [-0.05, 0) is 29.3 Å². The maximum absolute atomic E-state index is 14.1. The summed E-state index contributed by atoms with van der Waals surface area (Å²) in [5.74, 6) is -0.335. The van der Waals surface area contributed by atoms with E-state index in [1.165, 1.54) is 6.07 Å². The molecule has 0 fully saturated rings. The van der Waals surface area contributed by atoms with Crippen molar-refractivity contribution >= 4 is 0 Å². The van der Waals surface area contributed by atoms with E-state index >= 15 is 0 Å². The molecule has 0 spiro atoms. The van der Waals surface area contributed by atoms with E-state index < -0.39 is 5.82 Å². The summed E-state index contributed by atoms with van der Waals surface area (Å²) in [6.07, 6.45) is 3.45. The molecular formula is C18H14FN3O. The number of halogens is 1. The first-order chi connectivity index (χ1) is 11.3. The maximum Gasteiger partial charge on any atom is 0.145 e. The molecule has 0 N–H and O–H groups in total. The van der Waals surface area contributed by atoms with E-state index in [-0.39, 0.29) is 17.9 Å². The number of rotatable bonds is 5. The molecule has 1 aromatic heterocycles. The second-order valence-electron chi connectivity index (χ2n) is 5.04. The maximum atomic E-state index is 14.1. The quantitative estimate of drug-likeness (QED) is 0.724. The van der Waals surface area contributed by atoms with Gasteiger partial charge in [0.15, 0.2) is 0 Å². The first-order valence-corrected chi connectivity index (χ1v) is 7.13. The Balaban J connectivity index is 1.85. The molecule has 0 aliphatic heterocycles. The van der Waals surface area contributed by atoms with E-state index in [1.807, 2.05) is 36.4 Å².